The number of benzene rings is 1. The van der Waals surface area contributed by atoms with Gasteiger partial charge in [0.1, 0.15) is 12.4 Å². The van der Waals surface area contributed by atoms with Crippen molar-refractivity contribution in [3.63, 3.8) is 0 Å². The predicted octanol–water partition coefficient (Wildman–Crippen LogP) is 3.41. The Morgan fingerprint density at radius 1 is 1.35 bits per heavy atom. The third-order valence-corrected chi connectivity index (χ3v) is 3.94. The van der Waals surface area contributed by atoms with E-state index in [2.05, 4.69) is 13.0 Å². The summed E-state index contributed by atoms with van der Waals surface area (Å²) in [4.78, 5) is 13.8. The molecule has 0 saturated heterocycles. The summed E-state index contributed by atoms with van der Waals surface area (Å²) < 4.78 is 5.73. The van der Waals surface area contributed by atoms with E-state index in [-0.39, 0.29) is 5.91 Å². The number of amides is 1. The number of ether oxygens (including phenoxy) is 1. The molecule has 20 heavy (non-hydrogen) atoms. The summed E-state index contributed by atoms with van der Waals surface area (Å²) in [5.41, 5.74) is 1.79. The van der Waals surface area contributed by atoms with E-state index in [0.29, 0.717) is 19.0 Å². The minimum Gasteiger partial charge on any atom is -0.491 e. The normalized spacial score (nSPS) is 11.3. The molecule has 0 heterocycles. The second-order valence-corrected chi connectivity index (χ2v) is 6.13. The minimum atomic E-state index is -0.532. The molecule has 0 N–H and O–H groups in total. The van der Waals surface area contributed by atoms with Crippen LogP contribution >= 0.6 is 11.6 Å². The van der Waals surface area contributed by atoms with Crippen molar-refractivity contribution in [3.8, 4) is 5.75 Å². The van der Waals surface area contributed by atoms with Crippen LogP contribution in [0.2, 0.25) is 0 Å². The Hall–Kier alpha value is -1.22. The maximum atomic E-state index is 12.1. The zero-order valence-corrected chi connectivity index (χ0v) is 13.8. The highest BCUT2D eigenvalue weighted by molar-refractivity contribution is 6.19. The van der Waals surface area contributed by atoms with Gasteiger partial charge in [0.15, 0.2) is 0 Å². The average molecular weight is 298 g/mol. The van der Waals surface area contributed by atoms with Crippen molar-refractivity contribution >= 4 is 17.5 Å². The van der Waals surface area contributed by atoms with Gasteiger partial charge in [-0.05, 0) is 39.3 Å². The highest BCUT2D eigenvalue weighted by atomic mass is 35.5. The van der Waals surface area contributed by atoms with Crippen LogP contribution in [-0.4, -0.2) is 36.9 Å². The lowest BCUT2D eigenvalue weighted by Gasteiger charge is -2.27. The maximum absolute atomic E-state index is 12.1. The van der Waals surface area contributed by atoms with E-state index in [1.807, 2.05) is 32.9 Å². The van der Waals surface area contributed by atoms with Gasteiger partial charge < -0.3 is 9.64 Å². The molecule has 1 amide bonds. The topological polar surface area (TPSA) is 29.5 Å². The van der Waals surface area contributed by atoms with Gasteiger partial charge in [0.2, 0.25) is 5.91 Å². The number of hydrogen-bond donors (Lipinski definition) is 0. The summed E-state index contributed by atoms with van der Waals surface area (Å²) in [7, 11) is 1.78. The first kappa shape index (κ1) is 16.8. The zero-order valence-electron chi connectivity index (χ0n) is 13.0. The van der Waals surface area contributed by atoms with Crippen molar-refractivity contribution in [2.75, 3.05) is 26.1 Å². The largest absolute Gasteiger partial charge is 0.491 e. The zero-order chi connectivity index (χ0) is 15.3. The van der Waals surface area contributed by atoms with Gasteiger partial charge in [0.05, 0.1) is 12.0 Å². The molecular weight excluding hydrogens is 274 g/mol. The summed E-state index contributed by atoms with van der Waals surface area (Å²) in [6, 6.07) is 6.07. The maximum Gasteiger partial charge on any atom is 0.229 e. The highest BCUT2D eigenvalue weighted by Crippen LogP contribution is 2.21. The first-order chi connectivity index (χ1) is 9.27. The van der Waals surface area contributed by atoms with E-state index in [0.717, 1.165) is 11.3 Å². The summed E-state index contributed by atoms with van der Waals surface area (Å²) in [6.45, 7) is 8.80. The van der Waals surface area contributed by atoms with E-state index in [9.17, 15) is 4.79 Å². The van der Waals surface area contributed by atoms with Gasteiger partial charge in [0.25, 0.3) is 0 Å². The molecule has 0 bridgehead atoms. The lowest BCUT2D eigenvalue weighted by atomic mass is 9.94. The first-order valence-corrected chi connectivity index (χ1v) is 7.33. The van der Waals surface area contributed by atoms with Crippen molar-refractivity contribution in [3.05, 3.63) is 29.3 Å². The minimum absolute atomic E-state index is 0.0386. The fourth-order valence-corrected chi connectivity index (χ4v) is 2.04. The van der Waals surface area contributed by atoms with Gasteiger partial charge in [-0.2, -0.15) is 0 Å². The van der Waals surface area contributed by atoms with E-state index in [1.165, 1.54) is 5.56 Å². The van der Waals surface area contributed by atoms with Crippen molar-refractivity contribution in [1.29, 1.82) is 0 Å². The Labute approximate surface area is 126 Å². The van der Waals surface area contributed by atoms with Crippen LogP contribution in [0, 0.1) is 19.3 Å². The van der Waals surface area contributed by atoms with Crippen LogP contribution in [0.15, 0.2) is 18.2 Å². The monoisotopic (exact) mass is 297 g/mol. The number of rotatable bonds is 6. The molecule has 0 unspecified atom stereocenters. The Kier molecular flexibility index (Phi) is 5.88. The summed E-state index contributed by atoms with van der Waals surface area (Å²) in [6.07, 6.45) is 0. The number of alkyl halides is 1. The number of aryl methyl sites for hydroxylation is 2. The molecule has 0 aliphatic rings. The molecule has 0 aromatic heterocycles. The Morgan fingerprint density at radius 3 is 2.55 bits per heavy atom. The molecule has 1 aromatic rings. The van der Waals surface area contributed by atoms with Crippen LogP contribution in [-0.2, 0) is 4.79 Å². The number of carbonyl (C=O) groups is 1. The molecule has 0 spiro atoms. The molecule has 3 nitrogen and oxygen atoms in total. The Bertz CT molecular complexity index is 472. The molecule has 0 atom stereocenters. The van der Waals surface area contributed by atoms with Crippen molar-refractivity contribution < 1.29 is 9.53 Å². The summed E-state index contributed by atoms with van der Waals surface area (Å²) in [5, 5.41) is 0. The van der Waals surface area contributed by atoms with Gasteiger partial charge in [0, 0.05) is 12.9 Å². The molecule has 0 radical (unpaired) electrons. The third-order valence-electron chi connectivity index (χ3n) is 3.27. The van der Waals surface area contributed by atoms with Gasteiger partial charge >= 0.3 is 0 Å². The predicted molar refractivity (Wildman–Crippen MR) is 83.5 cm³/mol. The van der Waals surface area contributed by atoms with Crippen molar-refractivity contribution in [1.82, 2.24) is 4.90 Å². The number of likely N-dealkylation sites (N-methyl/N-ethyl adjacent to an activating group) is 1. The second-order valence-electron chi connectivity index (χ2n) is 5.86. The fourth-order valence-electron chi connectivity index (χ4n) is 1.93. The number of halogens is 1. The van der Waals surface area contributed by atoms with E-state index < -0.39 is 5.41 Å². The smallest absolute Gasteiger partial charge is 0.229 e. The molecule has 1 rings (SSSR count). The number of carbonyl (C=O) groups excluding carboxylic acids is 1. The number of nitrogens with zero attached hydrogens (tertiary/aromatic N) is 1. The van der Waals surface area contributed by atoms with Crippen LogP contribution in [0.25, 0.3) is 0 Å². The average Bonchev–Trinajstić information content (AvgIpc) is 2.40. The van der Waals surface area contributed by atoms with Crippen LogP contribution in [0.3, 0.4) is 0 Å². The van der Waals surface area contributed by atoms with E-state index in [4.69, 9.17) is 16.3 Å². The van der Waals surface area contributed by atoms with E-state index in [1.54, 1.807) is 11.9 Å². The Morgan fingerprint density at radius 2 is 2.00 bits per heavy atom. The molecule has 112 valence electrons. The summed E-state index contributed by atoms with van der Waals surface area (Å²) >= 11 is 5.82. The van der Waals surface area contributed by atoms with Crippen LogP contribution in [0.4, 0.5) is 0 Å². The Balaban J connectivity index is 2.50. The van der Waals surface area contributed by atoms with Crippen LogP contribution < -0.4 is 4.74 Å². The molecule has 0 saturated carbocycles. The first-order valence-electron chi connectivity index (χ1n) is 6.79. The lowest BCUT2D eigenvalue weighted by molar-refractivity contribution is -0.138. The third kappa shape index (κ3) is 4.41. The van der Waals surface area contributed by atoms with Crippen LogP contribution in [0.1, 0.15) is 25.0 Å². The van der Waals surface area contributed by atoms with E-state index >= 15 is 0 Å². The van der Waals surface area contributed by atoms with Crippen LogP contribution in [0.5, 0.6) is 5.75 Å². The quantitative estimate of drug-likeness (QED) is 0.753. The standard InChI is InChI=1S/C16H24ClNO2/c1-12-6-7-14(13(2)10-12)20-9-8-18(5)15(19)16(3,4)11-17/h6-7,10H,8-9,11H2,1-5H3. The van der Waals surface area contributed by atoms with Crippen molar-refractivity contribution in [2.24, 2.45) is 5.41 Å². The second kappa shape index (κ2) is 6.98. The fraction of sp³-hybridized carbons (Fsp3) is 0.562. The molecule has 4 heteroatoms. The molecular formula is C16H24ClNO2. The number of hydrogen-bond acceptors (Lipinski definition) is 2. The highest BCUT2D eigenvalue weighted by Gasteiger charge is 2.29. The van der Waals surface area contributed by atoms with Gasteiger partial charge in [-0.25, -0.2) is 0 Å². The van der Waals surface area contributed by atoms with Gasteiger partial charge in [-0.1, -0.05) is 17.7 Å². The summed E-state index contributed by atoms with van der Waals surface area (Å²) in [5.74, 6) is 1.22. The van der Waals surface area contributed by atoms with Crippen molar-refractivity contribution in [2.45, 2.75) is 27.7 Å². The van der Waals surface area contributed by atoms with Gasteiger partial charge in [-0.15, -0.1) is 11.6 Å². The lowest BCUT2D eigenvalue weighted by Crippen LogP contribution is -2.41. The molecule has 0 fully saturated rings. The SMILES string of the molecule is Cc1ccc(OCCN(C)C(=O)C(C)(C)CCl)c(C)c1. The van der Waals surface area contributed by atoms with Gasteiger partial charge in [-0.3, -0.25) is 4.79 Å². The molecule has 1 aromatic carbocycles. The molecule has 0 aliphatic carbocycles. The molecule has 0 aliphatic heterocycles.